The fourth-order valence-corrected chi connectivity index (χ4v) is 3.30. The molecule has 1 heterocycles. The van der Waals surface area contributed by atoms with E-state index in [-0.39, 0.29) is 6.29 Å². The quantitative estimate of drug-likeness (QED) is 0.572. The van der Waals surface area contributed by atoms with Gasteiger partial charge in [0.25, 0.3) is 0 Å². The van der Waals surface area contributed by atoms with Crippen molar-refractivity contribution in [2.45, 2.75) is 38.9 Å². The van der Waals surface area contributed by atoms with Crippen molar-refractivity contribution < 1.29 is 14.3 Å². The molecule has 0 radical (unpaired) electrons. The van der Waals surface area contributed by atoms with Crippen molar-refractivity contribution >= 4 is 12.0 Å². The highest BCUT2D eigenvalue weighted by Gasteiger charge is 2.26. The second-order valence-corrected chi connectivity index (χ2v) is 5.92. The maximum Gasteiger partial charge on any atom is 0.159 e. The van der Waals surface area contributed by atoms with Crippen LogP contribution in [0, 0.1) is 5.92 Å². The van der Waals surface area contributed by atoms with Crippen LogP contribution in [0.15, 0.2) is 18.2 Å². The molecule has 0 N–H and O–H groups in total. The van der Waals surface area contributed by atoms with Gasteiger partial charge in [-0.3, -0.25) is 4.79 Å². The van der Waals surface area contributed by atoms with Crippen molar-refractivity contribution in [2.24, 2.45) is 5.92 Å². The van der Waals surface area contributed by atoms with E-state index in [0.717, 1.165) is 56.2 Å². The second kappa shape index (κ2) is 8.30. The van der Waals surface area contributed by atoms with Gasteiger partial charge in [0.2, 0.25) is 0 Å². The third-order valence-corrected chi connectivity index (χ3v) is 4.53. The number of nitrogens with zero attached hydrogens (tertiary/aromatic N) is 1. The summed E-state index contributed by atoms with van der Waals surface area (Å²) in [6.45, 7) is 4.14. The molecule has 1 aromatic carbocycles. The lowest BCUT2D eigenvalue weighted by molar-refractivity contribution is -0.141. The van der Waals surface area contributed by atoms with E-state index in [1.165, 1.54) is 5.69 Å². The number of carbonyl (C=O) groups is 1. The predicted molar refractivity (Wildman–Crippen MR) is 88.6 cm³/mol. The molecule has 0 bridgehead atoms. The first-order valence-corrected chi connectivity index (χ1v) is 8.12. The predicted octanol–water partition coefficient (Wildman–Crippen LogP) is 3.29. The van der Waals surface area contributed by atoms with Crippen molar-refractivity contribution in [3.63, 3.8) is 0 Å². The zero-order valence-electron chi connectivity index (χ0n) is 13.9. The molecular formula is C18H27NO3. The van der Waals surface area contributed by atoms with Crippen LogP contribution in [0.5, 0.6) is 0 Å². The number of carbonyl (C=O) groups excluding carboxylic acids is 1. The Labute approximate surface area is 133 Å². The van der Waals surface area contributed by atoms with Crippen LogP contribution in [0.3, 0.4) is 0 Å². The molecule has 0 amide bonds. The Morgan fingerprint density at radius 3 is 2.50 bits per heavy atom. The summed E-state index contributed by atoms with van der Waals surface area (Å²) in [5, 5.41) is 0. The van der Waals surface area contributed by atoms with Crippen LogP contribution in [0.2, 0.25) is 0 Å². The van der Waals surface area contributed by atoms with Gasteiger partial charge in [-0.1, -0.05) is 13.3 Å². The van der Waals surface area contributed by atoms with Gasteiger partial charge in [-0.25, -0.2) is 0 Å². The van der Waals surface area contributed by atoms with E-state index in [4.69, 9.17) is 9.47 Å². The molecule has 4 nitrogen and oxygen atoms in total. The molecule has 1 aliphatic heterocycles. The lowest BCUT2D eigenvalue weighted by Gasteiger charge is -2.36. The SMILES string of the molecule is CCCc1cc(N2CCC(C(OC)OC)CC2)ccc1C=O. The molecule has 4 heteroatoms. The zero-order valence-corrected chi connectivity index (χ0v) is 13.9. The normalized spacial score (nSPS) is 16.3. The largest absolute Gasteiger partial charge is 0.372 e. The Hall–Kier alpha value is -1.39. The second-order valence-electron chi connectivity index (χ2n) is 5.92. The van der Waals surface area contributed by atoms with Crippen molar-refractivity contribution in [3.05, 3.63) is 29.3 Å². The molecule has 0 aromatic heterocycles. The standard InChI is InChI=1S/C18H27NO3/c1-4-5-15-12-17(7-6-16(15)13-20)19-10-8-14(9-11-19)18(21-2)22-3/h6-7,12-14,18H,4-5,8-11H2,1-3H3. The molecule has 0 spiro atoms. The van der Waals surface area contributed by atoms with Crippen LogP contribution in [-0.2, 0) is 15.9 Å². The first-order chi connectivity index (χ1) is 10.7. The Balaban J connectivity index is 2.04. The number of ether oxygens (including phenoxy) is 2. The number of anilines is 1. The molecule has 22 heavy (non-hydrogen) atoms. The van der Waals surface area contributed by atoms with Gasteiger partial charge < -0.3 is 14.4 Å². The van der Waals surface area contributed by atoms with Gasteiger partial charge in [-0.2, -0.15) is 0 Å². The number of hydrogen-bond acceptors (Lipinski definition) is 4. The van der Waals surface area contributed by atoms with Gasteiger partial charge in [0.15, 0.2) is 6.29 Å². The molecule has 0 atom stereocenters. The first-order valence-electron chi connectivity index (χ1n) is 8.12. The summed E-state index contributed by atoms with van der Waals surface area (Å²) in [6.07, 6.45) is 4.98. The molecule has 0 aliphatic carbocycles. The lowest BCUT2D eigenvalue weighted by Crippen LogP contribution is -2.39. The van der Waals surface area contributed by atoms with E-state index in [1.54, 1.807) is 14.2 Å². The van der Waals surface area contributed by atoms with Crippen molar-refractivity contribution in [1.29, 1.82) is 0 Å². The van der Waals surface area contributed by atoms with Gasteiger partial charge >= 0.3 is 0 Å². The maximum absolute atomic E-state index is 11.1. The number of methoxy groups -OCH3 is 2. The molecule has 122 valence electrons. The third-order valence-electron chi connectivity index (χ3n) is 4.53. The summed E-state index contributed by atoms with van der Waals surface area (Å²) in [5.74, 6) is 0.454. The fourth-order valence-electron chi connectivity index (χ4n) is 3.30. The van der Waals surface area contributed by atoms with Gasteiger partial charge in [0.05, 0.1) is 0 Å². The van der Waals surface area contributed by atoms with Crippen molar-refractivity contribution in [2.75, 3.05) is 32.2 Å². The van der Waals surface area contributed by atoms with Crippen LogP contribution in [0.25, 0.3) is 0 Å². The van der Waals surface area contributed by atoms with E-state index in [2.05, 4.69) is 24.0 Å². The zero-order chi connectivity index (χ0) is 15.9. The highest BCUT2D eigenvalue weighted by molar-refractivity contribution is 5.78. The molecular weight excluding hydrogens is 278 g/mol. The molecule has 2 rings (SSSR count). The average molecular weight is 305 g/mol. The number of aryl methyl sites for hydroxylation is 1. The number of benzene rings is 1. The van der Waals surface area contributed by atoms with Crippen molar-refractivity contribution in [3.8, 4) is 0 Å². The Bertz CT molecular complexity index is 477. The first kappa shape index (κ1) is 17.0. The van der Waals surface area contributed by atoms with E-state index >= 15 is 0 Å². The highest BCUT2D eigenvalue weighted by atomic mass is 16.7. The minimum Gasteiger partial charge on any atom is -0.372 e. The summed E-state index contributed by atoms with van der Waals surface area (Å²) in [5.41, 5.74) is 3.20. The minimum atomic E-state index is -0.102. The number of aldehydes is 1. The topological polar surface area (TPSA) is 38.8 Å². The third kappa shape index (κ3) is 3.87. The summed E-state index contributed by atoms with van der Waals surface area (Å²) < 4.78 is 10.8. The number of hydrogen-bond donors (Lipinski definition) is 0. The summed E-state index contributed by atoms with van der Waals surface area (Å²) in [7, 11) is 3.41. The van der Waals surface area contributed by atoms with Crippen LogP contribution >= 0.6 is 0 Å². The average Bonchev–Trinajstić information content (AvgIpc) is 2.57. The van der Waals surface area contributed by atoms with Crippen LogP contribution in [0.4, 0.5) is 5.69 Å². The van der Waals surface area contributed by atoms with E-state index in [0.29, 0.717) is 5.92 Å². The molecule has 1 aliphatic rings. The molecule has 1 fully saturated rings. The van der Waals surface area contributed by atoms with Crippen LogP contribution in [-0.4, -0.2) is 39.9 Å². The maximum atomic E-state index is 11.1. The molecule has 0 unspecified atom stereocenters. The van der Waals surface area contributed by atoms with Crippen LogP contribution in [0.1, 0.15) is 42.1 Å². The summed E-state index contributed by atoms with van der Waals surface area (Å²) in [6, 6.07) is 6.19. The van der Waals surface area contributed by atoms with Gasteiger partial charge in [0, 0.05) is 44.5 Å². The summed E-state index contributed by atoms with van der Waals surface area (Å²) in [4.78, 5) is 13.5. The van der Waals surface area contributed by atoms with Crippen LogP contribution < -0.4 is 4.90 Å². The molecule has 0 saturated carbocycles. The van der Waals surface area contributed by atoms with E-state index in [1.807, 2.05) is 6.07 Å². The fraction of sp³-hybridized carbons (Fsp3) is 0.611. The minimum absolute atomic E-state index is 0.102. The Morgan fingerprint density at radius 2 is 1.95 bits per heavy atom. The highest BCUT2D eigenvalue weighted by Crippen LogP contribution is 2.28. The van der Waals surface area contributed by atoms with Crippen molar-refractivity contribution in [1.82, 2.24) is 0 Å². The Morgan fingerprint density at radius 1 is 1.27 bits per heavy atom. The Kier molecular flexibility index (Phi) is 6.40. The smallest absolute Gasteiger partial charge is 0.159 e. The summed E-state index contributed by atoms with van der Waals surface area (Å²) >= 11 is 0. The van der Waals surface area contributed by atoms with E-state index in [9.17, 15) is 4.79 Å². The number of piperidine rings is 1. The van der Waals surface area contributed by atoms with Gasteiger partial charge in [-0.05, 0) is 43.0 Å². The van der Waals surface area contributed by atoms with Gasteiger partial charge in [-0.15, -0.1) is 0 Å². The van der Waals surface area contributed by atoms with Gasteiger partial charge in [0.1, 0.15) is 6.29 Å². The lowest BCUT2D eigenvalue weighted by atomic mass is 9.95. The molecule has 1 saturated heterocycles. The number of rotatable bonds is 7. The monoisotopic (exact) mass is 305 g/mol. The van der Waals surface area contributed by atoms with E-state index < -0.39 is 0 Å². The molecule has 1 aromatic rings.